The summed E-state index contributed by atoms with van der Waals surface area (Å²) < 4.78 is 13.2. The van der Waals surface area contributed by atoms with Crippen LogP contribution >= 0.6 is 0 Å². The highest BCUT2D eigenvalue weighted by Gasteiger charge is 2.49. The molecule has 0 radical (unpaired) electrons. The molecule has 1 aliphatic carbocycles. The van der Waals surface area contributed by atoms with Crippen molar-refractivity contribution >= 4 is 10.9 Å². The number of para-hydroxylation sites is 1. The van der Waals surface area contributed by atoms with Gasteiger partial charge in [-0.2, -0.15) is 0 Å². The molecule has 3 atom stereocenters. The van der Waals surface area contributed by atoms with E-state index in [9.17, 15) is 5.11 Å². The molecule has 1 heterocycles. The second kappa shape index (κ2) is 13.9. The average molecular weight is 589 g/mol. The summed E-state index contributed by atoms with van der Waals surface area (Å²) in [7, 11) is 0. The topological polar surface area (TPSA) is 57.7 Å². The predicted molar refractivity (Wildman–Crippen MR) is 177 cm³/mol. The number of aromatic amines is 1. The molecule has 5 nitrogen and oxygen atoms in total. The number of hydrogen-bond donors (Lipinski definition) is 2. The number of aliphatic hydroxyl groups excluding tert-OH is 1. The zero-order valence-corrected chi connectivity index (χ0v) is 25.9. The minimum absolute atomic E-state index is 0.0222. The number of aromatic nitrogens is 1. The fourth-order valence-electron chi connectivity index (χ4n) is 6.94. The van der Waals surface area contributed by atoms with Gasteiger partial charge in [0, 0.05) is 29.2 Å². The fraction of sp³-hybridized carbons (Fsp3) is 0.333. The Hall–Kier alpha value is -3.74. The normalized spacial score (nSPS) is 19.6. The average Bonchev–Trinajstić information content (AvgIpc) is 3.43. The maximum atomic E-state index is 12.0. The highest BCUT2D eigenvalue weighted by atomic mass is 16.5. The van der Waals surface area contributed by atoms with E-state index in [0.717, 1.165) is 35.4 Å². The van der Waals surface area contributed by atoms with Gasteiger partial charge in [-0.3, -0.25) is 4.90 Å². The van der Waals surface area contributed by atoms with Crippen LogP contribution in [0.1, 0.15) is 54.3 Å². The molecule has 0 fully saturated rings. The highest BCUT2D eigenvalue weighted by molar-refractivity contribution is 5.86. The molecule has 0 amide bonds. The van der Waals surface area contributed by atoms with E-state index in [2.05, 4.69) is 103 Å². The molecule has 228 valence electrons. The van der Waals surface area contributed by atoms with Crippen LogP contribution in [0.5, 0.6) is 0 Å². The number of rotatable bonds is 12. The van der Waals surface area contributed by atoms with Gasteiger partial charge in [-0.1, -0.05) is 123 Å². The molecule has 0 saturated carbocycles. The Morgan fingerprint density at radius 1 is 0.750 bits per heavy atom. The lowest BCUT2D eigenvalue weighted by atomic mass is 9.72. The molecular weight excluding hydrogens is 544 g/mol. The Morgan fingerprint density at radius 2 is 1.27 bits per heavy atom. The van der Waals surface area contributed by atoms with Crippen LogP contribution in [0, 0.1) is 5.92 Å². The summed E-state index contributed by atoms with van der Waals surface area (Å²) in [5.74, 6) is -0.124. The van der Waals surface area contributed by atoms with Crippen molar-refractivity contribution < 1.29 is 14.6 Å². The van der Waals surface area contributed by atoms with Crippen molar-refractivity contribution in [3.05, 3.63) is 143 Å². The maximum absolute atomic E-state index is 12.0. The van der Waals surface area contributed by atoms with Gasteiger partial charge in [0.15, 0.2) is 0 Å². The number of nitrogens with zero attached hydrogens (tertiary/aromatic N) is 1. The van der Waals surface area contributed by atoms with Crippen molar-refractivity contribution in [3.8, 4) is 0 Å². The van der Waals surface area contributed by atoms with E-state index in [4.69, 9.17) is 9.47 Å². The molecule has 5 heteroatoms. The van der Waals surface area contributed by atoms with Crippen LogP contribution in [-0.2, 0) is 34.6 Å². The summed E-state index contributed by atoms with van der Waals surface area (Å²) in [4.78, 5) is 6.38. The van der Waals surface area contributed by atoms with E-state index in [1.54, 1.807) is 0 Å². The molecule has 3 unspecified atom stereocenters. The minimum Gasteiger partial charge on any atom is -0.393 e. The number of fused-ring (bicyclic) bond motifs is 3. The van der Waals surface area contributed by atoms with Gasteiger partial charge in [0.2, 0.25) is 0 Å². The summed E-state index contributed by atoms with van der Waals surface area (Å²) in [5.41, 5.74) is 6.42. The molecule has 5 aromatic rings. The van der Waals surface area contributed by atoms with Crippen LogP contribution in [0.3, 0.4) is 0 Å². The minimum atomic E-state index is -0.599. The lowest BCUT2D eigenvalue weighted by Gasteiger charge is -2.39. The summed E-state index contributed by atoms with van der Waals surface area (Å²) in [6, 6.07) is 39.9. The van der Waals surface area contributed by atoms with Crippen LogP contribution in [-0.4, -0.2) is 40.9 Å². The number of aliphatic hydroxyl groups is 1. The number of benzene rings is 4. The van der Waals surface area contributed by atoms with E-state index < -0.39 is 11.5 Å². The van der Waals surface area contributed by atoms with E-state index in [0.29, 0.717) is 32.8 Å². The van der Waals surface area contributed by atoms with E-state index in [1.165, 1.54) is 16.5 Å². The second-order valence-electron chi connectivity index (χ2n) is 12.2. The zero-order valence-electron chi connectivity index (χ0n) is 25.9. The molecule has 1 aliphatic rings. The summed E-state index contributed by atoms with van der Waals surface area (Å²) >= 11 is 0. The summed E-state index contributed by atoms with van der Waals surface area (Å²) in [6.07, 6.45) is 0.0838. The summed E-state index contributed by atoms with van der Waals surface area (Å²) in [6.45, 7) is 7.91. The first-order valence-corrected chi connectivity index (χ1v) is 15.9. The Kier molecular flexibility index (Phi) is 9.58. The monoisotopic (exact) mass is 588 g/mol. The third-order valence-corrected chi connectivity index (χ3v) is 9.51. The molecule has 44 heavy (non-hydrogen) atoms. The SMILES string of the molecule is CCN(Cc1ccccc1)C1CC(O)C(C)C(COCc2ccccc2)(COCc2ccccc2)c2[nH]c3ccccc3c21. The van der Waals surface area contributed by atoms with Crippen molar-refractivity contribution in [2.75, 3.05) is 19.8 Å². The van der Waals surface area contributed by atoms with Gasteiger partial charge < -0.3 is 19.6 Å². The second-order valence-corrected chi connectivity index (χ2v) is 12.2. The first-order chi connectivity index (χ1) is 21.6. The zero-order chi connectivity index (χ0) is 30.4. The van der Waals surface area contributed by atoms with E-state index in [-0.39, 0.29) is 12.0 Å². The van der Waals surface area contributed by atoms with Crippen molar-refractivity contribution in [3.63, 3.8) is 0 Å². The Labute approximate surface area is 261 Å². The molecule has 4 aromatic carbocycles. The van der Waals surface area contributed by atoms with E-state index in [1.807, 2.05) is 36.4 Å². The van der Waals surface area contributed by atoms with Crippen LogP contribution in [0.25, 0.3) is 10.9 Å². The number of nitrogens with one attached hydrogen (secondary N) is 1. The smallest absolute Gasteiger partial charge is 0.0717 e. The van der Waals surface area contributed by atoms with Crippen molar-refractivity contribution in [1.29, 1.82) is 0 Å². The quantitative estimate of drug-likeness (QED) is 0.146. The first-order valence-electron chi connectivity index (χ1n) is 15.9. The Morgan fingerprint density at radius 3 is 1.84 bits per heavy atom. The molecule has 0 spiro atoms. The number of ether oxygens (including phenoxy) is 2. The molecule has 0 aliphatic heterocycles. The van der Waals surface area contributed by atoms with Gasteiger partial charge in [0.1, 0.15) is 0 Å². The van der Waals surface area contributed by atoms with Gasteiger partial charge in [-0.25, -0.2) is 0 Å². The van der Waals surface area contributed by atoms with Crippen LogP contribution in [0.4, 0.5) is 0 Å². The standard InChI is InChI=1S/C39H44N2O3/c1-3-41(24-30-15-7-4-8-16-30)35-23-36(42)29(2)39(27-43-25-31-17-9-5-10-18-31,28-44-26-32-19-11-6-12-20-32)38-37(35)33-21-13-14-22-34(33)40-38/h4-22,29,35-36,40,42H,3,23-28H2,1-2H3. The third-order valence-electron chi connectivity index (χ3n) is 9.51. The summed E-state index contributed by atoms with van der Waals surface area (Å²) in [5, 5.41) is 13.2. The molecule has 6 rings (SSSR count). The molecule has 1 aromatic heterocycles. The van der Waals surface area contributed by atoms with Crippen LogP contribution < -0.4 is 0 Å². The maximum Gasteiger partial charge on any atom is 0.0717 e. The van der Waals surface area contributed by atoms with E-state index >= 15 is 0 Å². The van der Waals surface area contributed by atoms with Gasteiger partial charge >= 0.3 is 0 Å². The van der Waals surface area contributed by atoms with Gasteiger partial charge in [0.05, 0.1) is 37.9 Å². The highest BCUT2D eigenvalue weighted by Crippen LogP contribution is 2.49. The molecular formula is C39H44N2O3. The van der Waals surface area contributed by atoms with Crippen LogP contribution in [0.15, 0.2) is 115 Å². The third kappa shape index (κ3) is 6.38. The van der Waals surface area contributed by atoms with Crippen LogP contribution in [0.2, 0.25) is 0 Å². The Bertz CT molecular complexity index is 1560. The largest absolute Gasteiger partial charge is 0.393 e. The fourth-order valence-corrected chi connectivity index (χ4v) is 6.94. The van der Waals surface area contributed by atoms with Crippen molar-refractivity contribution in [2.24, 2.45) is 5.92 Å². The lowest BCUT2D eigenvalue weighted by Crippen LogP contribution is -2.47. The molecule has 0 saturated heterocycles. The number of H-pyrrole nitrogens is 1. The van der Waals surface area contributed by atoms with Crippen molar-refractivity contribution in [1.82, 2.24) is 9.88 Å². The van der Waals surface area contributed by atoms with Crippen molar-refractivity contribution in [2.45, 2.75) is 57.6 Å². The molecule has 2 N–H and O–H groups in total. The van der Waals surface area contributed by atoms with Gasteiger partial charge in [-0.05, 0) is 47.2 Å². The number of hydrogen-bond acceptors (Lipinski definition) is 4. The van der Waals surface area contributed by atoms with Gasteiger partial charge in [0.25, 0.3) is 0 Å². The molecule has 0 bridgehead atoms. The van der Waals surface area contributed by atoms with Gasteiger partial charge in [-0.15, -0.1) is 0 Å². The predicted octanol–water partition coefficient (Wildman–Crippen LogP) is 7.80. The first kappa shape index (κ1) is 30.3. The lowest BCUT2D eigenvalue weighted by molar-refractivity contribution is -0.0497. The Balaban J connectivity index is 1.43.